The summed E-state index contributed by atoms with van der Waals surface area (Å²) in [6, 6.07) is 4.37. The zero-order valence-electron chi connectivity index (χ0n) is 9.15. The van der Waals surface area contributed by atoms with Crippen LogP contribution in [0.2, 0.25) is 0 Å². The molecule has 1 aromatic carbocycles. The molecule has 0 unspecified atom stereocenters. The molecular weight excluding hydrogens is 205 g/mol. The van der Waals surface area contributed by atoms with Crippen LogP contribution in [0.5, 0.6) is 5.75 Å². The maximum absolute atomic E-state index is 11.0. The van der Waals surface area contributed by atoms with Crippen molar-refractivity contribution in [3.63, 3.8) is 0 Å². The summed E-state index contributed by atoms with van der Waals surface area (Å²) in [5.41, 5.74) is 6.21. The van der Waals surface area contributed by atoms with Crippen LogP contribution in [0.15, 0.2) is 18.2 Å². The van der Waals surface area contributed by atoms with E-state index in [4.69, 9.17) is 10.5 Å². The second-order valence-corrected chi connectivity index (χ2v) is 2.97. The van der Waals surface area contributed by atoms with Gasteiger partial charge in [0, 0.05) is 17.3 Å². The van der Waals surface area contributed by atoms with E-state index in [9.17, 15) is 14.7 Å². The summed E-state index contributed by atoms with van der Waals surface area (Å²) in [5.74, 6) is -1.18. The first-order valence-corrected chi connectivity index (χ1v) is 4.24. The van der Waals surface area contributed by atoms with Gasteiger partial charge in [0.15, 0.2) is 5.78 Å². The van der Waals surface area contributed by atoms with E-state index in [2.05, 4.69) is 0 Å². The molecule has 0 spiro atoms. The van der Waals surface area contributed by atoms with Gasteiger partial charge < -0.3 is 20.4 Å². The van der Waals surface area contributed by atoms with Crippen molar-refractivity contribution in [1.29, 1.82) is 0 Å². The fraction of sp³-hybridized carbons (Fsp3) is 0.200. The van der Waals surface area contributed by atoms with Crippen molar-refractivity contribution >= 4 is 17.4 Å². The summed E-state index contributed by atoms with van der Waals surface area (Å²) in [7, 11) is 0. The van der Waals surface area contributed by atoms with Gasteiger partial charge in [0.2, 0.25) is 0 Å². The number of carboxylic acids is 1. The van der Waals surface area contributed by atoms with Gasteiger partial charge >= 0.3 is 18.9 Å². The monoisotopic (exact) mass is 215 g/mol. The summed E-state index contributed by atoms with van der Waals surface area (Å²) in [4.78, 5) is 21.1. The smallest absolute Gasteiger partial charge is 0.546 e. The average Bonchev–Trinajstić information content (AvgIpc) is 2.14. The van der Waals surface area contributed by atoms with Gasteiger partial charge in [-0.2, -0.15) is 0 Å². The number of Topliss-reactive ketones (excluding diaryl/α,β-unsaturated/α-hetero) is 1. The van der Waals surface area contributed by atoms with E-state index >= 15 is 0 Å². The predicted octanol–water partition coefficient (Wildman–Crippen LogP) is -3.40. The van der Waals surface area contributed by atoms with Crippen LogP contribution in [-0.4, -0.2) is 18.4 Å². The van der Waals surface area contributed by atoms with Crippen LogP contribution in [0.4, 0.5) is 5.69 Å². The van der Waals surface area contributed by atoms with Gasteiger partial charge in [0.1, 0.15) is 12.4 Å². The minimum Gasteiger partial charge on any atom is -0.546 e. The van der Waals surface area contributed by atoms with E-state index in [0.29, 0.717) is 11.3 Å². The normalized spacial score (nSPS) is 9.06. The Balaban J connectivity index is 0.00000225. The number of aliphatic carboxylic acids is 1. The molecule has 0 aliphatic carbocycles. The van der Waals surface area contributed by atoms with E-state index in [1.54, 1.807) is 0 Å². The van der Waals surface area contributed by atoms with Crippen LogP contribution < -0.4 is 34.4 Å². The van der Waals surface area contributed by atoms with Crippen molar-refractivity contribution in [3.8, 4) is 5.75 Å². The largest absolute Gasteiger partial charge is 1.00 e. The Morgan fingerprint density at radius 1 is 1.44 bits per heavy atom. The Bertz CT molecular complexity index is 406. The van der Waals surface area contributed by atoms with Crippen molar-refractivity contribution < 1.29 is 38.3 Å². The third-order valence-electron chi connectivity index (χ3n) is 1.76. The van der Waals surface area contributed by atoms with Crippen molar-refractivity contribution in [3.05, 3.63) is 23.8 Å². The minimum atomic E-state index is -1.32. The van der Waals surface area contributed by atoms with E-state index in [-0.39, 0.29) is 30.3 Å². The maximum atomic E-state index is 11.0. The second-order valence-electron chi connectivity index (χ2n) is 2.97. The van der Waals surface area contributed by atoms with Crippen molar-refractivity contribution in [2.75, 3.05) is 12.3 Å². The summed E-state index contributed by atoms with van der Waals surface area (Å²) in [5, 5.41) is 10.1. The van der Waals surface area contributed by atoms with E-state index in [0.717, 1.165) is 0 Å². The first-order chi connectivity index (χ1) is 7.00. The molecule has 0 atom stereocenters. The average molecular weight is 215 g/mol. The number of hydrogen-bond donors (Lipinski definition) is 1. The number of carboxylic acid groups (broad SMARTS) is 1. The number of carbonyl (C=O) groups excluding carboxylic acids is 2. The number of nitrogen functional groups attached to an aromatic ring is 1. The number of rotatable bonds is 4. The number of anilines is 1. The molecule has 0 aliphatic rings. The number of benzene rings is 1. The van der Waals surface area contributed by atoms with Gasteiger partial charge in [-0.25, -0.2) is 0 Å². The molecule has 0 amide bonds. The molecule has 16 heavy (non-hydrogen) atoms. The fourth-order valence-electron chi connectivity index (χ4n) is 1.09. The van der Waals surface area contributed by atoms with Gasteiger partial charge in [-0.05, 0) is 19.1 Å². The van der Waals surface area contributed by atoms with Gasteiger partial charge in [0.25, 0.3) is 0 Å². The first-order valence-electron chi connectivity index (χ1n) is 4.24. The van der Waals surface area contributed by atoms with Crippen LogP contribution in [0.1, 0.15) is 17.3 Å². The summed E-state index contributed by atoms with van der Waals surface area (Å²) in [6.07, 6.45) is 0. The number of ketones is 1. The molecule has 0 aromatic heterocycles. The molecule has 0 bridgehead atoms. The molecule has 6 heteroatoms. The molecule has 0 radical (unpaired) electrons. The standard InChI is InChI=1S/C10H11NO4.Li/c1-6(12)8-3-2-7(4-9(8)11)15-5-10(13)14;/h2-4H,5,11H2,1H3,(H,13,14);/q;+1/p-1. The van der Waals surface area contributed by atoms with Crippen molar-refractivity contribution in [1.82, 2.24) is 0 Å². The van der Waals surface area contributed by atoms with Gasteiger partial charge in [0.05, 0.1) is 5.97 Å². The molecule has 2 N–H and O–H groups in total. The van der Waals surface area contributed by atoms with Crippen LogP contribution in [-0.2, 0) is 4.79 Å². The fourth-order valence-corrected chi connectivity index (χ4v) is 1.09. The molecule has 0 saturated heterocycles. The number of nitrogens with two attached hydrogens (primary N) is 1. The summed E-state index contributed by atoms with van der Waals surface area (Å²) >= 11 is 0. The van der Waals surface area contributed by atoms with Gasteiger partial charge in [-0.1, -0.05) is 0 Å². The first kappa shape index (κ1) is 14.6. The molecule has 0 aliphatic heterocycles. The van der Waals surface area contributed by atoms with Crippen LogP contribution in [0.3, 0.4) is 0 Å². The van der Waals surface area contributed by atoms with Crippen LogP contribution >= 0.6 is 0 Å². The zero-order chi connectivity index (χ0) is 11.4. The van der Waals surface area contributed by atoms with Crippen LogP contribution in [0, 0.1) is 0 Å². The third kappa shape index (κ3) is 3.97. The zero-order valence-corrected chi connectivity index (χ0v) is 9.15. The Kier molecular flexibility index (Phi) is 5.65. The van der Waals surface area contributed by atoms with E-state index in [1.807, 2.05) is 0 Å². The Labute approximate surface area is 105 Å². The second kappa shape index (κ2) is 6.21. The molecule has 0 saturated carbocycles. The number of carbonyl (C=O) groups is 2. The Morgan fingerprint density at radius 2 is 2.06 bits per heavy atom. The minimum absolute atomic E-state index is 0. The van der Waals surface area contributed by atoms with Gasteiger partial charge in [-0.15, -0.1) is 0 Å². The summed E-state index contributed by atoms with van der Waals surface area (Å²) in [6.45, 7) is 0.853. The van der Waals surface area contributed by atoms with E-state index in [1.165, 1.54) is 25.1 Å². The molecular formula is C10H10LiNO4. The number of hydrogen-bond acceptors (Lipinski definition) is 5. The van der Waals surface area contributed by atoms with Crippen molar-refractivity contribution in [2.45, 2.75) is 6.92 Å². The molecule has 1 aromatic rings. The van der Waals surface area contributed by atoms with Crippen molar-refractivity contribution in [2.24, 2.45) is 0 Å². The number of ether oxygens (including phenoxy) is 1. The molecule has 1 rings (SSSR count). The van der Waals surface area contributed by atoms with Gasteiger partial charge in [-0.3, -0.25) is 4.79 Å². The molecule has 0 fully saturated rings. The predicted molar refractivity (Wildman–Crippen MR) is 51.4 cm³/mol. The SMILES string of the molecule is CC(=O)c1ccc(OCC(=O)[O-])cc1N.[Li+]. The summed E-state index contributed by atoms with van der Waals surface area (Å²) < 4.78 is 4.83. The quantitative estimate of drug-likeness (QED) is 0.321. The Morgan fingerprint density at radius 3 is 2.50 bits per heavy atom. The maximum Gasteiger partial charge on any atom is 1.00 e. The van der Waals surface area contributed by atoms with E-state index < -0.39 is 12.6 Å². The molecule has 80 valence electrons. The molecule has 0 heterocycles. The van der Waals surface area contributed by atoms with Crippen LogP contribution in [0.25, 0.3) is 0 Å². The Hall–Kier alpha value is -1.44. The molecule has 5 nitrogen and oxygen atoms in total. The third-order valence-corrected chi connectivity index (χ3v) is 1.76. The topological polar surface area (TPSA) is 92.5 Å².